The van der Waals surface area contributed by atoms with Gasteiger partial charge in [-0.3, -0.25) is 0 Å². The molecule has 3 aromatic carbocycles. The molecule has 6 rings (SSSR count). The van der Waals surface area contributed by atoms with Gasteiger partial charge in [0.25, 0.3) is 0 Å². The van der Waals surface area contributed by atoms with E-state index in [0.29, 0.717) is 0 Å². The van der Waals surface area contributed by atoms with Crippen molar-refractivity contribution in [3.8, 4) is 9.75 Å². The fourth-order valence-electron chi connectivity index (χ4n) is 4.13. The molecule has 3 heterocycles. The van der Waals surface area contributed by atoms with E-state index >= 15 is 0 Å². The van der Waals surface area contributed by atoms with Crippen molar-refractivity contribution in [2.75, 3.05) is 0 Å². The summed E-state index contributed by atoms with van der Waals surface area (Å²) in [5.41, 5.74) is 0. The van der Waals surface area contributed by atoms with Crippen LogP contribution in [-0.2, 0) is 4.57 Å². The van der Waals surface area contributed by atoms with Crippen molar-refractivity contribution in [3.05, 3.63) is 77.5 Å². The van der Waals surface area contributed by atoms with Gasteiger partial charge >= 0.3 is 0 Å². The second kappa shape index (κ2) is 5.17. The summed E-state index contributed by atoms with van der Waals surface area (Å²) in [5, 5.41) is 11.8. The van der Waals surface area contributed by atoms with Crippen molar-refractivity contribution in [3.63, 3.8) is 0 Å². The molecule has 0 fully saturated rings. The third kappa shape index (κ3) is 1.73. The molecule has 1 aliphatic heterocycles. The molecule has 0 N–H and O–H groups in total. The Balaban J connectivity index is 1.83. The van der Waals surface area contributed by atoms with Crippen LogP contribution < -0.4 is 15.9 Å². The Hall–Kier alpha value is -2.19. The number of hydrogen-bond acceptors (Lipinski definition) is 3. The van der Waals surface area contributed by atoms with E-state index in [9.17, 15) is 4.57 Å². The first-order chi connectivity index (χ1) is 12.8. The first-order valence-electron chi connectivity index (χ1n) is 8.46. The van der Waals surface area contributed by atoms with Crippen molar-refractivity contribution >= 4 is 67.3 Å². The predicted octanol–water partition coefficient (Wildman–Crippen LogP) is 5.74. The molecule has 1 aliphatic rings. The Morgan fingerprint density at radius 3 is 1.88 bits per heavy atom. The third-order valence-electron chi connectivity index (χ3n) is 5.26. The zero-order valence-electron chi connectivity index (χ0n) is 13.7. The second-order valence-corrected chi connectivity index (χ2v) is 11.0. The van der Waals surface area contributed by atoms with Gasteiger partial charge in [0.1, 0.15) is 0 Å². The first-order valence-corrected chi connectivity index (χ1v) is 11.9. The molecule has 0 saturated heterocycles. The number of benzene rings is 3. The monoisotopic (exact) mass is 388 g/mol. The Kier molecular flexibility index (Phi) is 2.97. The summed E-state index contributed by atoms with van der Waals surface area (Å²) in [6, 6.07) is 23.1. The highest BCUT2D eigenvalue weighted by Gasteiger charge is 2.43. The van der Waals surface area contributed by atoms with Gasteiger partial charge in [0.05, 0.1) is 9.75 Å². The Labute approximate surface area is 158 Å². The maximum absolute atomic E-state index is 14.7. The summed E-state index contributed by atoms with van der Waals surface area (Å²) < 4.78 is 14.7. The Morgan fingerprint density at radius 2 is 1.19 bits per heavy atom. The van der Waals surface area contributed by atoms with Gasteiger partial charge in [-0.05, 0) is 50.5 Å². The fraction of sp³-hybridized carbons (Fsp3) is 0. The predicted molar refractivity (Wildman–Crippen MR) is 116 cm³/mol. The molecule has 124 valence electrons. The van der Waals surface area contributed by atoms with Crippen molar-refractivity contribution in [2.45, 2.75) is 0 Å². The lowest BCUT2D eigenvalue weighted by Gasteiger charge is -2.18. The van der Waals surface area contributed by atoms with Crippen LogP contribution in [0.2, 0.25) is 0 Å². The lowest BCUT2D eigenvalue weighted by Crippen LogP contribution is -2.20. The fourth-order valence-corrected chi connectivity index (χ4v) is 10.3. The van der Waals surface area contributed by atoms with Crippen LogP contribution in [-0.4, -0.2) is 0 Å². The molecule has 0 amide bonds. The molecule has 4 heteroatoms. The maximum atomic E-state index is 14.7. The highest BCUT2D eigenvalue weighted by atomic mass is 32.1. The molecule has 1 nitrogen and oxygen atoms in total. The molecular weight excluding hydrogens is 375 g/mol. The lowest BCUT2D eigenvalue weighted by molar-refractivity contribution is 0.593. The summed E-state index contributed by atoms with van der Waals surface area (Å²) in [4.78, 5) is 2.38. The van der Waals surface area contributed by atoms with Gasteiger partial charge in [-0.2, -0.15) is 0 Å². The summed E-state index contributed by atoms with van der Waals surface area (Å²) in [7, 11) is -2.84. The molecule has 0 saturated carbocycles. The topological polar surface area (TPSA) is 17.1 Å². The molecule has 0 atom stereocenters. The van der Waals surface area contributed by atoms with Crippen LogP contribution in [0.15, 0.2) is 77.5 Å². The minimum absolute atomic E-state index is 0.976. The van der Waals surface area contributed by atoms with Gasteiger partial charge in [-0.15, -0.1) is 22.7 Å². The third-order valence-corrected chi connectivity index (χ3v) is 10.7. The van der Waals surface area contributed by atoms with Gasteiger partial charge in [0.2, 0.25) is 0 Å². The standard InChI is InChI=1S/C22H13OPS2/c23-24(18-9-11-25-21(18)22-19(24)10-12-26-22)20-13-14-5-1-2-6-15(14)16-7-3-4-8-17(16)20/h1-13H. The van der Waals surface area contributed by atoms with Gasteiger partial charge in [-0.25, -0.2) is 0 Å². The number of thiophene rings is 2. The average Bonchev–Trinajstić information content (AvgIpc) is 3.39. The van der Waals surface area contributed by atoms with E-state index in [1.165, 1.54) is 20.5 Å². The maximum Gasteiger partial charge on any atom is 0.174 e. The highest BCUT2D eigenvalue weighted by Crippen LogP contribution is 2.56. The first kappa shape index (κ1) is 14.9. The molecule has 0 spiro atoms. The van der Waals surface area contributed by atoms with Crippen LogP contribution in [0.4, 0.5) is 0 Å². The van der Waals surface area contributed by atoms with Crippen LogP contribution in [0.5, 0.6) is 0 Å². The van der Waals surface area contributed by atoms with E-state index in [-0.39, 0.29) is 0 Å². The molecule has 0 aliphatic carbocycles. The van der Waals surface area contributed by atoms with Gasteiger partial charge in [-0.1, -0.05) is 48.5 Å². The van der Waals surface area contributed by atoms with E-state index in [4.69, 9.17) is 0 Å². The van der Waals surface area contributed by atoms with E-state index < -0.39 is 7.14 Å². The largest absolute Gasteiger partial charge is 0.309 e. The number of hydrogen-bond donors (Lipinski definition) is 0. The lowest BCUT2D eigenvalue weighted by atomic mass is 10.0. The highest BCUT2D eigenvalue weighted by molar-refractivity contribution is 7.87. The summed E-state index contributed by atoms with van der Waals surface area (Å²) in [6.45, 7) is 0. The Bertz CT molecular complexity index is 1330. The summed E-state index contributed by atoms with van der Waals surface area (Å²) >= 11 is 3.41. The molecule has 26 heavy (non-hydrogen) atoms. The van der Waals surface area contributed by atoms with Crippen LogP contribution in [0.25, 0.3) is 31.3 Å². The average molecular weight is 388 g/mol. The van der Waals surface area contributed by atoms with Crippen molar-refractivity contribution in [2.24, 2.45) is 0 Å². The second-order valence-electron chi connectivity index (χ2n) is 6.54. The van der Waals surface area contributed by atoms with E-state index in [1.807, 2.05) is 6.07 Å². The van der Waals surface area contributed by atoms with Crippen molar-refractivity contribution < 1.29 is 4.57 Å². The Morgan fingerprint density at radius 1 is 0.615 bits per heavy atom. The van der Waals surface area contributed by atoms with E-state index in [2.05, 4.69) is 71.4 Å². The molecule has 0 bridgehead atoms. The number of fused-ring (bicyclic) bond motifs is 6. The smallest absolute Gasteiger partial charge is 0.174 e. The molecular formula is C22H13OPS2. The minimum atomic E-state index is -2.84. The summed E-state index contributed by atoms with van der Waals surface area (Å²) in [5.74, 6) is 0. The normalized spacial score (nSPS) is 14.6. The quantitative estimate of drug-likeness (QED) is 0.259. The molecule has 0 unspecified atom stereocenters. The molecule has 0 radical (unpaired) electrons. The van der Waals surface area contributed by atoms with E-state index in [0.717, 1.165) is 26.7 Å². The van der Waals surface area contributed by atoms with Crippen molar-refractivity contribution in [1.82, 2.24) is 0 Å². The molecule has 2 aromatic heterocycles. The van der Waals surface area contributed by atoms with Gasteiger partial charge in [0, 0.05) is 15.9 Å². The van der Waals surface area contributed by atoms with Crippen molar-refractivity contribution in [1.29, 1.82) is 0 Å². The van der Waals surface area contributed by atoms with Crippen LogP contribution in [0.3, 0.4) is 0 Å². The van der Waals surface area contributed by atoms with E-state index in [1.54, 1.807) is 22.7 Å². The zero-order valence-corrected chi connectivity index (χ0v) is 16.2. The van der Waals surface area contributed by atoms with Gasteiger partial charge < -0.3 is 4.57 Å². The SMILES string of the molecule is O=P1(c2cc3ccccc3c3ccccc23)c2ccsc2-c2sccc21. The van der Waals surface area contributed by atoms with Crippen LogP contribution >= 0.6 is 29.8 Å². The van der Waals surface area contributed by atoms with Gasteiger partial charge in [0.15, 0.2) is 7.14 Å². The zero-order chi connectivity index (χ0) is 17.3. The van der Waals surface area contributed by atoms with Crippen LogP contribution in [0.1, 0.15) is 0 Å². The molecule has 5 aromatic rings. The summed E-state index contributed by atoms with van der Waals surface area (Å²) in [6.07, 6.45) is 0. The minimum Gasteiger partial charge on any atom is -0.309 e. The van der Waals surface area contributed by atoms with Crippen LogP contribution in [0, 0.1) is 0 Å². The number of rotatable bonds is 1.